The molecule has 76 valence electrons. The van der Waals surface area contributed by atoms with Crippen molar-refractivity contribution in [1.82, 2.24) is 5.32 Å². The Hall–Kier alpha value is -1.40. The molecule has 0 aromatic carbocycles. The van der Waals surface area contributed by atoms with Crippen LogP contribution in [0, 0.1) is 0 Å². The molecule has 0 bridgehead atoms. The number of hydrogen-bond donors (Lipinski definition) is 2. The zero-order valence-corrected chi connectivity index (χ0v) is 8.21. The summed E-state index contributed by atoms with van der Waals surface area (Å²) in [6.07, 6.45) is -2.40. The van der Waals surface area contributed by atoms with Crippen LogP contribution in [0.15, 0.2) is 17.5 Å². The van der Waals surface area contributed by atoms with Crippen LogP contribution >= 0.6 is 11.3 Å². The van der Waals surface area contributed by atoms with Crippen LogP contribution in [0.4, 0.5) is 4.79 Å². The lowest BCUT2D eigenvalue weighted by molar-refractivity contribution is 0.0655. The van der Waals surface area contributed by atoms with Gasteiger partial charge in [-0.2, -0.15) is 0 Å². The molecule has 1 aromatic heterocycles. The summed E-state index contributed by atoms with van der Waals surface area (Å²) < 4.78 is 4.23. The van der Waals surface area contributed by atoms with E-state index in [1.165, 1.54) is 11.3 Å². The van der Waals surface area contributed by atoms with Crippen molar-refractivity contribution < 1.29 is 19.4 Å². The molecule has 0 saturated heterocycles. The first-order chi connectivity index (χ1) is 6.65. The van der Waals surface area contributed by atoms with Gasteiger partial charge in [0.1, 0.15) is 0 Å². The fourth-order valence-corrected chi connectivity index (χ4v) is 1.48. The number of nitrogens with one attached hydrogen (secondary N) is 1. The second-order valence-corrected chi connectivity index (χ2v) is 3.33. The average Bonchev–Trinajstić information content (AvgIpc) is 2.69. The zero-order valence-electron chi connectivity index (χ0n) is 7.39. The maximum Gasteiger partial charge on any atom is 0.409 e. The van der Waals surface area contributed by atoms with Gasteiger partial charge in [0.15, 0.2) is 6.23 Å². The number of ether oxygens (including phenoxy) is 1. The predicted molar refractivity (Wildman–Crippen MR) is 50.2 cm³/mol. The zero-order chi connectivity index (χ0) is 10.6. The lowest BCUT2D eigenvalue weighted by atomic mass is 10.3. The van der Waals surface area contributed by atoms with E-state index >= 15 is 0 Å². The van der Waals surface area contributed by atoms with Crippen molar-refractivity contribution in [3.8, 4) is 0 Å². The standard InChI is InChI=1S/C8H9NO4S/c1-13-8(12)9-7(11)6(10)5-3-2-4-14-5/h2-4,7,11H,1H3,(H,9,12)/t7-/m0/s1. The minimum Gasteiger partial charge on any atom is -0.453 e. The molecular formula is C8H9NO4S. The molecule has 0 unspecified atom stereocenters. The number of carbonyl (C=O) groups excluding carboxylic acids is 2. The second-order valence-electron chi connectivity index (χ2n) is 2.38. The van der Waals surface area contributed by atoms with E-state index in [9.17, 15) is 14.7 Å². The van der Waals surface area contributed by atoms with Gasteiger partial charge in [-0.25, -0.2) is 4.79 Å². The van der Waals surface area contributed by atoms with E-state index in [1.54, 1.807) is 17.5 Å². The van der Waals surface area contributed by atoms with E-state index in [-0.39, 0.29) is 0 Å². The third-order valence-corrected chi connectivity index (χ3v) is 2.34. The van der Waals surface area contributed by atoms with Gasteiger partial charge in [-0.15, -0.1) is 11.3 Å². The van der Waals surface area contributed by atoms with Crippen LogP contribution in [0.2, 0.25) is 0 Å². The lowest BCUT2D eigenvalue weighted by Gasteiger charge is -2.08. The van der Waals surface area contributed by atoms with Gasteiger partial charge in [-0.3, -0.25) is 10.1 Å². The van der Waals surface area contributed by atoms with Gasteiger partial charge in [0, 0.05) is 0 Å². The number of rotatable bonds is 3. The van der Waals surface area contributed by atoms with Crippen LogP contribution in [0.25, 0.3) is 0 Å². The highest BCUT2D eigenvalue weighted by Gasteiger charge is 2.19. The van der Waals surface area contributed by atoms with Crippen molar-refractivity contribution >= 4 is 23.2 Å². The van der Waals surface area contributed by atoms with Crippen molar-refractivity contribution in [3.05, 3.63) is 22.4 Å². The molecular weight excluding hydrogens is 206 g/mol. The number of alkyl carbamates (subject to hydrolysis) is 1. The van der Waals surface area contributed by atoms with Gasteiger partial charge in [0.05, 0.1) is 12.0 Å². The van der Waals surface area contributed by atoms with Gasteiger partial charge in [0.25, 0.3) is 0 Å². The molecule has 6 heteroatoms. The van der Waals surface area contributed by atoms with E-state index in [2.05, 4.69) is 4.74 Å². The monoisotopic (exact) mass is 215 g/mol. The number of ketones is 1. The number of methoxy groups -OCH3 is 1. The molecule has 0 aliphatic rings. The summed E-state index contributed by atoms with van der Waals surface area (Å²) in [7, 11) is 1.15. The summed E-state index contributed by atoms with van der Waals surface area (Å²) in [5.41, 5.74) is 0. The van der Waals surface area contributed by atoms with Gasteiger partial charge in [0.2, 0.25) is 5.78 Å². The highest BCUT2D eigenvalue weighted by molar-refractivity contribution is 7.12. The SMILES string of the molecule is COC(=O)N[C@@H](O)C(=O)c1cccs1. The fourth-order valence-electron chi connectivity index (χ4n) is 0.790. The molecule has 1 atom stereocenters. The molecule has 5 nitrogen and oxygen atoms in total. The Balaban J connectivity index is 2.58. The number of carbonyl (C=O) groups is 2. The smallest absolute Gasteiger partial charge is 0.409 e. The van der Waals surface area contributed by atoms with Crippen molar-refractivity contribution in [2.75, 3.05) is 7.11 Å². The number of hydrogen-bond acceptors (Lipinski definition) is 5. The minimum absolute atomic E-state index is 0.383. The lowest BCUT2D eigenvalue weighted by Crippen LogP contribution is -2.40. The maximum absolute atomic E-state index is 11.3. The minimum atomic E-state index is -1.55. The molecule has 0 spiro atoms. The summed E-state index contributed by atoms with van der Waals surface area (Å²) in [5.74, 6) is -0.551. The quantitative estimate of drug-likeness (QED) is 0.572. The molecule has 0 fully saturated rings. The van der Waals surface area contributed by atoms with E-state index in [4.69, 9.17) is 0 Å². The largest absolute Gasteiger partial charge is 0.453 e. The summed E-state index contributed by atoms with van der Waals surface area (Å²) >= 11 is 1.19. The Bertz CT molecular complexity index is 322. The Morgan fingerprint density at radius 3 is 2.86 bits per heavy atom. The molecule has 1 heterocycles. The highest BCUT2D eigenvalue weighted by Crippen LogP contribution is 2.10. The average molecular weight is 215 g/mol. The number of thiophene rings is 1. The molecule has 0 aliphatic heterocycles. The Kier molecular flexibility index (Phi) is 3.61. The summed E-state index contributed by atoms with van der Waals surface area (Å²) in [5, 5.41) is 12.9. The highest BCUT2D eigenvalue weighted by atomic mass is 32.1. The van der Waals surface area contributed by atoms with E-state index in [1.807, 2.05) is 5.32 Å². The molecule has 0 radical (unpaired) electrons. The molecule has 2 N–H and O–H groups in total. The first-order valence-electron chi connectivity index (χ1n) is 3.75. The van der Waals surface area contributed by atoms with Crippen LogP contribution in [0.3, 0.4) is 0 Å². The maximum atomic E-state index is 11.3. The first-order valence-corrected chi connectivity index (χ1v) is 4.63. The molecule has 1 amide bonds. The van der Waals surface area contributed by atoms with Gasteiger partial charge in [-0.05, 0) is 11.4 Å². The van der Waals surface area contributed by atoms with E-state index in [0.717, 1.165) is 7.11 Å². The van der Waals surface area contributed by atoms with Gasteiger partial charge < -0.3 is 9.84 Å². The normalized spacial score (nSPS) is 11.9. The van der Waals surface area contributed by atoms with Crippen LogP contribution in [0.5, 0.6) is 0 Å². The van der Waals surface area contributed by atoms with Gasteiger partial charge in [-0.1, -0.05) is 6.07 Å². The fraction of sp³-hybridized carbons (Fsp3) is 0.250. The van der Waals surface area contributed by atoms with E-state index in [0.29, 0.717) is 4.88 Å². The van der Waals surface area contributed by atoms with Crippen molar-refractivity contribution in [1.29, 1.82) is 0 Å². The van der Waals surface area contributed by atoms with Crippen LogP contribution < -0.4 is 5.32 Å². The topological polar surface area (TPSA) is 75.6 Å². The predicted octanol–water partition coefficient (Wildman–Crippen LogP) is 0.605. The van der Waals surface area contributed by atoms with Crippen LogP contribution in [0.1, 0.15) is 9.67 Å². The third-order valence-electron chi connectivity index (χ3n) is 1.45. The summed E-state index contributed by atoms with van der Waals surface area (Å²) in [6, 6.07) is 3.25. The summed E-state index contributed by atoms with van der Waals surface area (Å²) in [6.45, 7) is 0. The number of aliphatic hydroxyl groups is 1. The van der Waals surface area contributed by atoms with Crippen LogP contribution in [-0.4, -0.2) is 30.3 Å². The summed E-state index contributed by atoms with van der Waals surface area (Å²) in [4.78, 5) is 22.4. The second kappa shape index (κ2) is 4.73. The van der Waals surface area contributed by atoms with Crippen LogP contribution in [-0.2, 0) is 4.74 Å². The van der Waals surface area contributed by atoms with Crippen molar-refractivity contribution in [2.45, 2.75) is 6.23 Å². The Morgan fingerprint density at radius 1 is 1.64 bits per heavy atom. The number of amides is 1. The molecule has 0 saturated carbocycles. The third kappa shape index (κ3) is 2.54. The van der Waals surface area contributed by atoms with Crippen molar-refractivity contribution in [3.63, 3.8) is 0 Å². The first kappa shape index (κ1) is 10.7. The number of Topliss-reactive ketones (excluding diaryl/α,β-unsaturated/α-hetero) is 1. The molecule has 0 aliphatic carbocycles. The molecule has 1 rings (SSSR count). The Morgan fingerprint density at radius 2 is 2.36 bits per heavy atom. The van der Waals surface area contributed by atoms with Gasteiger partial charge >= 0.3 is 6.09 Å². The van der Waals surface area contributed by atoms with Crippen molar-refractivity contribution in [2.24, 2.45) is 0 Å². The Labute approximate surface area is 84.3 Å². The van der Waals surface area contributed by atoms with E-state index < -0.39 is 18.1 Å². The number of aliphatic hydroxyl groups excluding tert-OH is 1. The molecule has 14 heavy (non-hydrogen) atoms. The molecule has 1 aromatic rings.